The molecule has 2 amide bonds. The first-order chi connectivity index (χ1) is 12.6. The van der Waals surface area contributed by atoms with E-state index in [1.807, 2.05) is 18.2 Å². The maximum Gasteiger partial charge on any atom is 0.293 e. The first-order valence-electron chi connectivity index (χ1n) is 7.77. The van der Waals surface area contributed by atoms with Crippen molar-refractivity contribution >= 4 is 34.0 Å². The Hall–Kier alpha value is -3.13. The molecule has 1 aromatic carbocycles. The standard InChI is InChI=1S/C18H17N3O4S/c1-21(13-6-3-4-7-14(13)24-2)16(22)10-12-11-26-18(19-12)20-17(23)15-8-5-9-25-15/h3-9,11H,10H2,1-2H3,(H,19,20,23). The average molecular weight is 371 g/mol. The molecule has 0 aliphatic rings. The van der Waals surface area contributed by atoms with Crippen LogP contribution in [0.1, 0.15) is 16.2 Å². The van der Waals surface area contributed by atoms with E-state index in [4.69, 9.17) is 9.15 Å². The number of nitrogens with one attached hydrogen (secondary N) is 1. The van der Waals surface area contributed by atoms with E-state index in [-0.39, 0.29) is 24.0 Å². The summed E-state index contributed by atoms with van der Waals surface area (Å²) in [6, 6.07) is 10.5. The molecule has 7 nitrogen and oxygen atoms in total. The van der Waals surface area contributed by atoms with Crippen molar-refractivity contribution in [1.29, 1.82) is 0 Å². The fourth-order valence-corrected chi connectivity index (χ4v) is 3.03. The minimum Gasteiger partial charge on any atom is -0.495 e. The van der Waals surface area contributed by atoms with Gasteiger partial charge in [-0.25, -0.2) is 4.98 Å². The number of anilines is 2. The normalized spacial score (nSPS) is 10.4. The smallest absolute Gasteiger partial charge is 0.293 e. The summed E-state index contributed by atoms with van der Waals surface area (Å²) in [5, 5.41) is 4.80. The Morgan fingerprint density at radius 2 is 2.08 bits per heavy atom. The lowest BCUT2D eigenvalue weighted by Gasteiger charge is -2.19. The van der Waals surface area contributed by atoms with Crippen LogP contribution in [0, 0.1) is 0 Å². The van der Waals surface area contributed by atoms with Gasteiger partial charge in [-0.2, -0.15) is 0 Å². The number of hydrogen-bond acceptors (Lipinski definition) is 6. The van der Waals surface area contributed by atoms with Crippen LogP contribution in [0.15, 0.2) is 52.5 Å². The molecule has 0 saturated heterocycles. The number of hydrogen-bond donors (Lipinski definition) is 1. The summed E-state index contributed by atoms with van der Waals surface area (Å²) in [4.78, 5) is 30.3. The lowest BCUT2D eigenvalue weighted by atomic mass is 10.2. The van der Waals surface area contributed by atoms with E-state index in [2.05, 4.69) is 10.3 Å². The average Bonchev–Trinajstić information content (AvgIpc) is 3.33. The Morgan fingerprint density at radius 1 is 1.27 bits per heavy atom. The number of aromatic nitrogens is 1. The van der Waals surface area contributed by atoms with E-state index in [0.717, 1.165) is 0 Å². The Bertz CT molecular complexity index is 905. The van der Waals surface area contributed by atoms with E-state index < -0.39 is 0 Å². The lowest BCUT2D eigenvalue weighted by molar-refractivity contribution is -0.117. The van der Waals surface area contributed by atoms with E-state index >= 15 is 0 Å². The van der Waals surface area contributed by atoms with E-state index in [1.54, 1.807) is 37.7 Å². The Kier molecular flexibility index (Phi) is 5.33. The maximum absolute atomic E-state index is 12.5. The zero-order valence-electron chi connectivity index (χ0n) is 14.3. The molecule has 0 radical (unpaired) electrons. The third-order valence-corrected chi connectivity index (χ3v) is 4.48. The molecule has 26 heavy (non-hydrogen) atoms. The maximum atomic E-state index is 12.5. The van der Waals surface area contributed by atoms with Gasteiger partial charge in [0.2, 0.25) is 5.91 Å². The summed E-state index contributed by atoms with van der Waals surface area (Å²) in [7, 11) is 3.25. The number of rotatable bonds is 6. The van der Waals surface area contributed by atoms with Crippen LogP contribution >= 0.6 is 11.3 Å². The quantitative estimate of drug-likeness (QED) is 0.719. The van der Waals surface area contributed by atoms with Crippen LogP contribution in [0.25, 0.3) is 0 Å². The first kappa shape index (κ1) is 17.7. The number of carbonyl (C=O) groups excluding carboxylic acids is 2. The SMILES string of the molecule is COc1ccccc1N(C)C(=O)Cc1csc(NC(=O)c2ccco2)n1. The highest BCUT2D eigenvalue weighted by Crippen LogP contribution is 2.27. The second-order valence-electron chi connectivity index (χ2n) is 5.38. The van der Waals surface area contributed by atoms with Crippen molar-refractivity contribution < 1.29 is 18.7 Å². The van der Waals surface area contributed by atoms with E-state index in [1.165, 1.54) is 22.5 Å². The topological polar surface area (TPSA) is 84.7 Å². The van der Waals surface area contributed by atoms with Crippen LogP contribution in [-0.4, -0.2) is 31.0 Å². The van der Waals surface area contributed by atoms with Gasteiger partial charge in [0.25, 0.3) is 5.91 Å². The number of nitrogens with zero attached hydrogens (tertiary/aromatic N) is 2. The van der Waals surface area contributed by atoms with Gasteiger partial charge in [-0.1, -0.05) is 12.1 Å². The third kappa shape index (κ3) is 3.92. The van der Waals surface area contributed by atoms with Crippen molar-refractivity contribution in [3.05, 3.63) is 59.5 Å². The van der Waals surface area contributed by atoms with Crippen LogP contribution in [0.4, 0.5) is 10.8 Å². The summed E-state index contributed by atoms with van der Waals surface area (Å²) in [5.41, 5.74) is 1.26. The molecule has 8 heteroatoms. The molecular formula is C18H17N3O4S. The number of likely N-dealkylation sites (N-methyl/N-ethyl adjacent to an activating group) is 1. The number of carbonyl (C=O) groups is 2. The minimum atomic E-state index is -0.381. The molecule has 0 fully saturated rings. The molecule has 0 aliphatic heterocycles. The highest BCUT2D eigenvalue weighted by atomic mass is 32.1. The Labute approximate surface area is 154 Å². The van der Waals surface area contributed by atoms with Gasteiger partial charge >= 0.3 is 0 Å². The van der Waals surface area contributed by atoms with Crippen LogP contribution in [-0.2, 0) is 11.2 Å². The predicted molar refractivity (Wildman–Crippen MR) is 98.9 cm³/mol. The molecule has 3 rings (SSSR count). The van der Waals surface area contributed by atoms with Gasteiger partial charge in [0, 0.05) is 12.4 Å². The zero-order chi connectivity index (χ0) is 18.5. The molecule has 2 heterocycles. The molecule has 0 bridgehead atoms. The number of furan rings is 1. The van der Waals surface area contributed by atoms with Crippen LogP contribution in [0.3, 0.4) is 0 Å². The number of methoxy groups -OCH3 is 1. The number of para-hydroxylation sites is 2. The van der Waals surface area contributed by atoms with Crippen LogP contribution < -0.4 is 15.0 Å². The number of ether oxygens (including phenoxy) is 1. The van der Waals surface area contributed by atoms with Gasteiger partial charge in [0.1, 0.15) is 5.75 Å². The van der Waals surface area contributed by atoms with Gasteiger partial charge in [0.15, 0.2) is 10.9 Å². The van der Waals surface area contributed by atoms with Gasteiger partial charge in [-0.05, 0) is 24.3 Å². The summed E-state index contributed by atoms with van der Waals surface area (Å²) in [6.07, 6.45) is 1.54. The van der Waals surface area contributed by atoms with E-state index in [9.17, 15) is 9.59 Å². The molecule has 0 spiro atoms. The summed E-state index contributed by atoms with van der Waals surface area (Å²) in [6.45, 7) is 0. The summed E-state index contributed by atoms with van der Waals surface area (Å²) in [5.74, 6) is 0.304. The molecule has 0 atom stereocenters. The summed E-state index contributed by atoms with van der Waals surface area (Å²) < 4.78 is 10.3. The fraction of sp³-hybridized carbons (Fsp3) is 0.167. The molecule has 0 saturated carbocycles. The van der Waals surface area contributed by atoms with Gasteiger partial charge < -0.3 is 14.1 Å². The van der Waals surface area contributed by atoms with E-state index in [0.29, 0.717) is 22.3 Å². The minimum absolute atomic E-state index is 0.113. The molecule has 0 aliphatic carbocycles. The first-order valence-corrected chi connectivity index (χ1v) is 8.65. The molecule has 0 unspecified atom stereocenters. The third-order valence-electron chi connectivity index (χ3n) is 3.67. The fourth-order valence-electron chi connectivity index (χ4n) is 2.33. The van der Waals surface area contributed by atoms with Crippen LogP contribution in [0.2, 0.25) is 0 Å². The lowest BCUT2D eigenvalue weighted by Crippen LogP contribution is -2.28. The van der Waals surface area contributed by atoms with Crippen molar-refractivity contribution in [1.82, 2.24) is 4.98 Å². The van der Waals surface area contributed by atoms with Crippen molar-refractivity contribution in [3.63, 3.8) is 0 Å². The molecule has 1 N–H and O–H groups in total. The van der Waals surface area contributed by atoms with Crippen molar-refractivity contribution in [2.24, 2.45) is 0 Å². The van der Waals surface area contributed by atoms with Gasteiger partial charge in [0.05, 0.1) is 31.2 Å². The zero-order valence-corrected chi connectivity index (χ0v) is 15.1. The van der Waals surface area contributed by atoms with Gasteiger partial charge in [-0.15, -0.1) is 11.3 Å². The second-order valence-corrected chi connectivity index (χ2v) is 6.23. The summed E-state index contributed by atoms with van der Waals surface area (Å²) >= 11 is 1.25. The monoisotopic (exact) mass is 371 g/mol. The molecule has 134 valence electrons. The Balaban J connectivity index is 1.65. The van der Waals surface area contributed by atoms with Crippen LogP contribution in [0.5, 0.6) is 5.75 Å². The second kappa shape index (κ2) is 7.83. The Morgan fingerprint density at radius 3 is 2.81 bits per heavy atom. The van der Waals surface area contributed by atoms with Crippen molar-refractivity contribution in [3.8, 4) is 5.75 Å². The highest BCUT2D eigenvalue weighted by Gasteiger charge is 2.17. The molecule has 3 aromatic rings. The number of thiazole rings is 1. The predicted octanol–water partition coefficient (Wildman–Crippen LogP) is 3.20. The highest BCUT2D eigenvalue weighted by molar-refractivity contribution is 7.14. The van der Waals surface area contributed by atoms with Gasteiger partial charge in [-0.3, -0.25) is 14.9 Å². The molecular weight excluding hydrogens is 354 g/mol. The van der Waals surface area contributed by atoms with Crippen molar-refractivity contribution in [2.75, 3.05) is 24.4 Å². The largest absolute Gasteiger partial charge is 0.495 e. The molecule has 2 aromatic heterocycles. The number of amides is 2. The van der Waals surface area contributed by atoms with Crippen molar-refractivity contribution in [2.45, 2.75) is 6.42 Å². The number of benzene rings is 1.